The Morgan fingerprint density at radius 1 is 1.15 bits per heavy atom. The first-order chi connectivity index (χ1) is 9.41. The van der Waals surface area contributed by atoms with E-state index in [0.717, 1.165) is 11.3 Å². The number of halogens is 2. The van der Waals surface area contributed by atoms with Gasteiger partial charge in [-0.15, -0.1) is 0 Å². The van der Waals surface area contributed by atoms with Crippen molar-refractivity contribution in [3.63, 3.8) is 0 Å². The normalized spacial score (nSPS) is 10.4. The highest BCUT2D eigenvalue weighted by Crippen LogP contribution is 2.30. The number of rotatable bonds is 2. The zero-order valence-electron chi connectivity index (χ0n) is 11.2. The van der Waals surface area contributed by atoms with Gasteiger partial charge in [-0.2, -0.15) is 0 Å². The van der Waals surface area contributed by atoms with Crippen molar-refractivity contribution in [1.29, 1.82) is 0 Å². The first-order valence-electron chi connectivity index (χ1n) is 6.00. The number of carbonyl (C=O) groups is 1. The number of carbonyl (C=O) groups excluding carboxylic acids is 1. The summed E-state index contributed by atoms with van der Waals surface area (Å²) in [7, 11) is 1.71. The Bertz CT molecular complexity index is 648. The van der Waals surface area contributed by atoms with Crippen molar-refractivity contribution >= 4 is 40.5 Å². The fraction of sp³-hybridized carbons (Fsp3) is 0.133. The average Bonchev–Trinajstić information content (AvgIpc) is 2.43. The van der Waals surface area contributed by atoms with Crippen molar-refractivity contribution in [2.45, 2.75) is 6.92 Å². The Kier molecular flexibility index (Phi) is 4.21. The lowest BCUT2D eigenvalue weighted by Gasteiger charge is -2.20. The van der Waals surface area contributed by atoms with Gasteiger partial charge in [0, 0.05) is 18.3 Å². The zero-order chi connectivity index (χ0) is 14.9. The maximum absolute atomic E-state index is 12.5. The van der Waals surface area contributed by atoms with Gasteiger partial charge in [-0.05, 0) is 30.7 Å². The predicted molar refractivity (Wildman–Crippen MR) is 84.8 cm³/mol. The Labute approximate surface area is 127 Å². The molecule has 2 N–H and O–H groups in total. The maximum Gasteiger partial charge on any atom is 0.258 e. The number of amides is 1. The van der Waals surface area contributed by atoms with Gasteiger partial charge in [0.1, 0.15) is 0 Å². The van der Waals surface area contributed by atoms with E-state index in [1.54, 1.807) is 11.9 Å². The Morgan fingerprint density at radius 2 is 1.70 bits per heavy atom. The molecule has 3 nitrogen and oxygen atoms in total. The summed E-state index contributed by atoms with van der Waals surface area (Å²) in [4.78, 5) is 14.0. The van der Waals surface area contributed by atoms with E-state index in [-0.39, 0.29) is 21.6 Å². The summed E-state index contributed by atoms with van der Waals surface area (Å²) in [6.45, 7) is 1.95. The van der Waals surface area contributed by atoms with E-state index < -0.39 is 0 Å². The molecule has 20 heavy (non-hydrogen) atoms. The molecule has 5 heteroatoms. The average molecular weight is 309 g/mol. The number of hydrogen-bond donors (Lipinski definition) is 1. The second kappa shape index (κ2) is 5.73. The summed E-state index contributed by atoms with van der Waals surface area (Å²) < 4.78 is 0. The van der Waals surface area contributed by atoms with Crippen LogP contribution in [0.1, 0.15) is 15.9 Å². The molecule has 0 aliphatic rings. The molecular formula is C15H14Cl2N2O. The summed E-state index contributed by atoms with van der Waals surface area (Å²) >= 11 is 11.9. The van der Waals surface area contributed by atoms with E-state index in [2.05, 4.69) is 0 Å². The van der Waals surface area contributed by atoms with Crippen LogP contribution in [0.5, 0.6) is 0 Å². The van der Waals surface area contributed by atoms with Gasteiger partial charge >= 0.3 is 0 Å². The second-order valence-electron chi connectivity index (χ2n) is 4.50. The molecule has 0 aliphatic carbocycles. The van der Waals surface area contributed by atoms with Gasteiger partial charge in [-0.1, -0.05) is 41.4 Å². The molecule has 104 valence electrons. The van der Waals surface area contributed by atoms with Crippen molar-refractivity contribution in [2.75, 3.05) is 17.7 Å². The molecule has 0 atom stereocenters. The predicted octanol–water partition coefficient (Wildman–Crippen LogP) is 4.16. The Balaban J connectivity index is 2.39. The number of nitrogens with zero attached hydrogens (tertiary/aromatic N) is 1. The first-order valence-corrected chi connectivity index (χ1v) is 6.75. The minimum absolute atomic E-state index is 0.192. The molecule has 2 aromatic carbocycles. The minimum atomic E-state index is -0.192. The van der Waals surface area contributed by atoms with Crippen LogP contribution in [0.15, 0.2) is 36.4 Å². The van der Waals surface area contributed by atoms with Crippen LogP contribution in [0.25, 0.3) is 0 Å². The van der Waals surface area contributed by atoms with Crippen molar-refractivity contribution in [1.82, 2.24) is 0 Å². The largest absolute Gasteiger partial charge is 0.396 e. The smallest absolute Gasteiger partial charge is 0.258 e. The molecule has 0 bridgehead atoms. The highest BCUT2D eigenvalue weighted by atomic mass is 35.5. The summed E-state index contributed by atoms with van der Waals surface area (Å²) in [5.74, 6) is -0.192. The van der Waals surface area contributed by atoms with Crippen molar-refractivity contribution < 1.29 is 4.79 Å². The van der Waals surface area contributed by atoms with Crippen LogP contribution in [0.3, 0.4) is 0 Å². The molecular weight excluding hydrogens is 295 g/mol. The number of nitrogens with two attached hydrogens (primary N) is 1. The number of hydrogen-bond acceptors (Lipinski definition) is 2. The number of para-hydroxylation sites is 1. The third-order valence-corrected chi connectivity index (χ3v) is 3.73. The summed E-state index contributed by atoms with van der Waals surface area (Å²) in [6.07, 6.45) is 0. The van der Waals surface area contributed by atoms with Crippen molar-refractivity contribution in [2.24, 2.45) is 0 Å². The van der Waals surface area contributed by atoms with Gasteiger partial charge in [0.2, 0.25) is 0 Å². The lowest BCUT2D eigenvalue weighted by Crippen LogP contribution is -2.26. The SMILES string of the molecule is Cc1ccccc1N(C)C(=O)c1cc(Cl)c(N)c(Cl)c1. The highest BCUT2D eigenvalue weighted by molar-refractivity contribution is 6.39. The molecule has 0 radical (unpaired) electrons. The van der Waals surface area contributed by atoms with Gasteiger partial charge < -0.3 is 10.6 Å². The molecule has 1 amide bonds. The fourth-order valence-corrected chi connectivity index (χ4v) is 2.44. The lowest BCUT2D eigenvalue weighted by atomic mass is 10.1. The van der Waals surface area contributed by atoms with Crippen LogP contribution < -0.4 is 10.6 Å². The minimum Gasteiger partial charge on any atom is -0.396 e. The van der Waals surface area contributed by atoms with Crippen LogP contribution in [0.2, 0.25) is 10.0 Å². The van der Waals surface area contributed by atoms with Gasteiger partial charge in [0.15, 0.2) is 0 Å². The quantitative estimate of drug-likeness (QED) is 0.847. The first kappa shape index (κ1) is 14.7. The van der Waals surface area contributed by atoms with Crippen LogP contribution in [-0.2, 0) is 0 Å². The van der Waals surface area contributed by atoms with Crippen molar-refractivity contribution in [3.05, 3.63) is 57.6 Å². The number of nitrogen functional groups attached to an aromatic ring is 1. The van der Waals surface area contributed by atoms with E-state index in [1.807, 2.05) is 31.2 Å². The lowest BCUT2D eigenvalue weighted by molar-refractivity contribution is 0.0993. The third kappa shape index (κ3) is 2.74. The van der Waals surface area contributed by atoms with E-state index in [9.17, 15) is 4.79 Å². The molecule has 0 aliphatic heterocycles. The van der Waals surface area contributed by atoms with Crippen LogP contribution >= 0.6 is 23.2 Å². The molecule has 2 rings (SSSR count). The molecule has 0 aromatic heterocycles. The topological polar surface area (TPSA) is 46.3 Å². The molecule has 0 spiro atoms. The second-order valence-corrected chi connectivity index (χ2v) is 5.32. The number of anilines is 2. The van der Waals surface area contributed by atoms with Gasteiger partial charge in [-0.3, -0.25) is 4.79 Å². The number of aryl methyl sites for hydroxylation is 1. The fourth-order valence-electron chi connectivity index (χ4n) is 1.95. The molecule has 0 saturated carbocycles. The standard InChI is InChI=1S/C15H14Cl2N2O/c1-9-5-3-4-6-13(9)19(2)15(20)10-7-11(16)14(18)12(17)8-10/h3-8H,18H2,1-2H3. The van der Waals surface area contributed by atoms with Gasteiger partial charge in [0.05, 0.1) is 15.7 Å². The van der Waals surface area contributed by atoms with Gasteiger partial charge in [0.25, 0.3) is 5.91 Å². The van der Waals surface area contributed by atoms with Crippen LogP contribution in [0, 0.1) is 6.92 Å². The Morgan fingerprint density at radius 3 is 2.25 bits per heavy atom. The summed E-state index contributed by atoms with van der Waals surface area (Å²) in [5.41, 5.74) is 8.20. The van der Waals surface area contributed by atoms with E-state index in [1.165, 1.54) is 12.1 Å². The molecule has 2 aromatic rings. The van der Waals surface area contributed by atoms with Crippen molar-refractivity contribution in [3.8, 4) is 0 Å². The van der Waals surface area contributed by atoms with E-state index in [4.69, 9.17) is 28.9 Å². The molecule has 0 saturated heterocycles. The summed E-state index contributed by atoms with van der Waals surface area (Å²) in [5, 5.41) is 0.554. The van der Waals surface area contributed by atoms with Crippen LogP contribution in [-0.4, -0.2) is 13.0 Å². The summed E-state index contributed by atoms with van der Waals surface area (Å²) in [6, 6.07) is 10.7. The van der Waals surface area contributed by atoms with Gasteiger partial charge in [-0.25, -0.2) is 0 Å². The third-order valence-electron chi connectivity index (χ3n) is 3.11. The molecule has 0 fully saturated rings. The zero-order valence-corrected chi connectivity index (χ0v) is 12.7. The molecule has 0 unspecified atom stereocenters. The highest BCUT2D eigenvalue weighted by Gasteiger charge is 2.17. The van der Waals surface area contributed by atoms with Crippen LogP contribution in [0.4, 0.5) is 11.4 Å². The molecule has 0 heterocycles. The number of benzene rings is 2. The monoisotopic (exact) mass is 308 g/mol. The van der Waals surface area contributed by atoms with E-state index in [0.29, 0.717) is 5.56 Å². The van der Waals surface area contributed by atoms with E-state index >= 15 is 0 Å². The Hall–Kier alpha value is -1.71. The maximum atomic E-state index is 12.5.